The molecule has 0 aliphatic carbocycles. The van der Waals surface area contributed by atoms with E-state index in [0.717, 1.165) is 11.3 Å². The van der Waals surface area contributed by atoms with Crippen molar-refractivity contribution in [3.63, 3.8) is 0 Å². The van der Waals surface area contributed by atoms with Crippen LogP contribution in [0, 0.1) is 0 Å². The average Bonchev–Trinajstić information content (AvgIpc) is 2.22. The van der Waals surface area contributed by atoms with Gasteiger partial charge in [0.1, 0.15) is 0 Å². The molecule has 0 N–H and O–H groups in total. The summed E-state index contributed by atoms with van der Waals surface area (Å²) in [5, 5.41) is 8.81. The van der Waals surface area contributed by atoms with E-state index in [9.17, 15) is 0 Å². The highest BCUT2D eigenvalue weighted by molar-refractivity contribution is 9.10. The van der Waals surface area contributed by atoms with Gasteiger partial charge in [-0.3, -0.25) is 0 Å². The van der Waals surface area contributed by atoms with Crippen molar-refractivity contribution in [3.05, 3.63) is 45.0 Å². The minimum atomic E-state index is 0.348. The SMILES string of the molecule is Clc1cccc(-c2cc(Br)c(Cl)nn2)c1. The smallest absolute Gasteiger partial charge is 0.149 e. The third kappa shape index (κ3) is 2.48. The molecule has 0 unspecified atom stereocenters. The molecule has 0 saturated carbocycles. The van der Waals surface area contributed by atoms with Gasteiger partial charge in [-0.05, 0) is 34.1 Å². The van der Waals surface area contributed by atoms with E-state index in [1.807, 2.05) is 24.3 Å². The second-order valence-electron chi connectivity index (χ2n) is 2.88. The maximum Gasteiger partial charge on any atom is 0.165 e. The Kier molecular flexibility index (Phi) is 3.24. The van der Waals surface area contributed by atoms with Gasteiger partial charge >= 0.3 is 0 Å². The molecule has 0 aliphatic rings. The molecule has 0 fully saturated rings. The Bertz CT molecular complexity index is 503. The van der Waals surface area contributed by atoms with E-state index in [-0.39, 0.29) is 0 Å². The van der Waals surface area contributed by atoms with E-state index in [2.05, 4.69) is 26.1 Å². The zero-order valence-corrected chi connectivity index (χ0v) is 10.5. The Morgan fingerprint density at radius 3 is 2.53 bits per heavy atom. The molecule has 76 valence electrons. The summed E-state index contributed by atoms with van der Waals surface area (Å²) in [6.07, 6.45) is 0. The van der Waals surface area contributed by atoms with Gasteiger partial charge in [0.15, 0.2) is 5.15 Å². The van der Waals surface area contributed by atoms with Crippen LogP contribution in [0.3, 0.4) is 0 Å². The van der Waals surface area contributed by atoms with E-state index < -0.39 is 0 Å². The molecule has 1 aromatic heterocycles. The van der Waals surface area contributed by atoms with Crippen LogP contribution >= 0.6 is 39.1 Å². The lowest BCUT2D eigenvalue weighted by Crippen LogP contribution is -1.88. The summed E-state index contributed by atoms with van der Waals surface area (Å²) in [6.45, 7) is 0. The first-order valence-electron chi connectivity index (χ1n) is 4.11. The van der Waals surface area contributed by atoms with Crippen LogP contribution in [0.4, 0.5) is 0 Å². The van der Waals surface area contributed by atoms with Crippen molar-refractivity contribution in [1.29, 1.82) is 0 Å². The number of halogens is 3. The quantitative estimate of drug-likeness (QED) is 0.788. The first kappa shape index (κ1) is 10.9. The molecular formula is C10H5BrCl2N2. The lowest BCUT2D eigenvalue weighted by molar-refractivity contribution is 1.03. The van der Waals surface area contributed by atoms with Crippen molar-refractivity contribution in [2.45, 2.75) is 0 Å². The normalized spacial score (nSPS) is 10.3. The van der Waals surface area contributed by atoms with Gasteiger partial charge in [-0.1, -0.05) is 35.3 Å². The average molecular weight is 304 g/mol. The van der Waals surface area contributed by atoms with Crippen molar-refractivity contribution < 1.29 is 0 Å². The van der Waals surface area contributed by atoms with Gasteiger partial charge in [0.25, 0.3) is 0 Å². The predicted molar refractivity (Wildman–Crippen MR) is 65.2 cm³/mol. The molecule has 2 rings (SSSR count). The molecule has 5 heteroatoms. The Morgan fingerprint density at radius 2 is 1.87 bits per heavy atom. The summed E-state index contributed by atoms with van der Waals surface area (Å²) < 4.78 is 0.717. The van der Waals surface area contributed by atoms with Crippen LogP contribution in [0.1, 0.15) is 0 Å². The van der Waals surface area contributed by atoms with Crippen molar-refractivity contribution in [3.8, 4) is 11.3 Å². The van der Waals surface area contributed by atoms with Gasteiger partial charge in [0, 0.05) is 10.6 Å². The van der Waals surface area contributed by atoms with Crippen LogP contribution < -0.4 is 0 Å². The summed E-state index contributed by atoms with van der Waals surface area (Å²) in [4.78, 5) is 0. The molecule has 15 heavy (non-hydrogen) atoms. The minimum Gasteiger partial charge on any atom is -0.149 e. The monoisotopic (exact) mass is 302 g/mol. The minimum absolute atomic E-state index is 0.348. The molecule has 0 bridgehead atoms. The van der Waals surface area contributed by atoms with Crippen LogP contribution in [0.5, 0.6) is 0 Å². The second-order valence-corrected chi connectivity index (χ2v) is 4.53. The van der Waals surface area contributed by atoms with Crippen LogP contribution in [0.15, 0.2) is 34.8 Å². The van der Waals surface area contributed by atoms with Crippen LogP contribution in [-0.2, 0) is 0 Å². The lowest BCUT2D eigenvalue weighted by Gasteiger charge is -2.01. The van der Waals surface area contributed by atoms with Crippen molar-refractivity contribution >= 4 is 39.1 Å². The molecule has 0 aliphatic heterocycles. The molecule has 0 spiro atoms. The summed E-state index contributed by atoms with van der Waals surface area (Å²) >= 11 is 14.9. The zero-order valence-electron chi connectivity index (χ0n) is 7.42. The van der Waals surface area contributed by atoms with Crippen molar-refractivity contribution in [2.75, 3.05) is 0 Å². The van der Waals surface area contributed by atoms with E-state index in [1.165, 1.54) is 0 Å². The molecule has 1 heterocycles. The first-order chi connectivity index (χ1) is 7.16. The number of hydrogen-bond donors (Lipinski definition) is 0. The summed E-state index contributed by atoms with van der Waals surface area (Å²) in [5.41, 5.74) is 1.64. The first-order valence-corrected chi connectivity index (χ1v) is 5.66. The molecule has 0 radical (unpaired) electrons. The van der Waals surface area contributed by atoms with Gasteiger partial charge in [-0.15, -0.1) is 10.2 Å². The highest BCUT2D eigenvalue weighted by Gasteiger charge is 2.04. The lowest BCUT2D eigenvalue weighted by atomic mass is 10.1. The number of hydrogen-bond acceptors (Lipinski definition) is 2. The van der Waals surface area contributed by atoms with E-state index >= 15 is 0 Å². The zero-order chi connectivity index (χ0) is 10.8. The summed E-state index contributed by atoms with van der Waals surface area (Å²) in [5.74, 6) is 0. The highest BCUT2D eigenvalue weighted by atomic mass is 79.9. The Labute approximate surface area is 105 Å². The largest absolute Gasteiger partial charge is 0.165 e. The van der Waals surface area contributed by atoms with Crippen molar-refractivity contribution in [2.24, 2.45) is 0 Å². The predicted octanol–water partition coefficient (Wildman–Crippen LogP) is 4.21. The number of aromatic nitrogens is 2. The third-order valence-electron chi connectivity index (χ3n) is 1.83. The Morgan fingerprint density at radius 1 is 1.07 bits per heavy atom. The molecule has 0 saturated heterocycles. The fraction of sp³-hybridized carbons (Fsp3) is 0. The van der Waals surface area contributed by atoms with Gasteiger partial charge in [-0.2, -0.15) is 0 Å². The van der Waals surface area contributed by atoms with Gasteiger partial charge < -0.3 is 0 Å². The Balaban J connectivity index is 2.50. The van der Waals surface area contributed by atoms with Crippen molar-refractivity contribution in [1.82, 2.24) is 10.2 Å². The van der Waals surface area contributed by atoms with Crippen LogP contribution in [0.25, 0.3) is 11.3 Å². The highest BCUT2D eigenvalue weighted by Crippen LogP contribution is 2.26. The molecular weight excluding hydrogens is 299 g/mol. The maximum atomic E-state index is 5.88. The molecule has 2 aromatic rings. The number of rotatable bonds is 1. The van der Waals surface area contributed by atoms with Gasteiger partial charge in [0.2, 0.25) is 0 Å². The molecule has 1 aromatic carbocycles. The fourth-order valence-corrected chi connectivity index (χ4v) is 1.72. The maximum absolute atomic E-state index is 5.88. The molecule has 0 amide bonds. The number of nitrogens with zero attached hydrogens (tertiary/aromatic N) is 2. The van der Waals surface area contributed by atoms with E-state index in [0.29, 0.717) is 14.6 Å². The van der Waals surface area contributed by atoms with Gasteiger partial charge in [-0.25, -0.2) is 0 Å². The van der Waals surface area contributed by atoms with Crippen LogP contribution in [0.2, 0.25) is 10.2 Å². The van der Waals surface area contributed by atoms with E-state index in [1.54, 1.807) is 6.07 Å². The summed E-state index contributed by atoms with van der Waals surface area (Å²) in [6, 6.07) is 9.22. The second kappa shape index (κ2) is 4.47. The molecule has 0 atom stereocenters. The van der Waals surface area contributed by atoms with E-state index in [4.69, 9.17) is 23.2 Å². The van der Waals surface area contributed by atoms with Crippen LogP contribution in [-0.4, -0.2) is 10.2 Å². The Hall–Kier alpha value is -0.640. The molecule has 2 nitrogen and oxygen atoms in total. The van der Waals surface area contributed by atoms with Gasteiger partial charge in [0.05, 0.1) is 10.2 Å². The summed E-state index contributed by atoms with van der Waals surface area (Å²) in [7, 11) is 0. The number of benzene rings is 1. The fourth-order valence-electron chi connectivity index (χ4n) is 1.14. The standard InChI is InChI=1S/C10H5BrCl2N2/c11-8-5-9(14-15-10(8)13)6-2-1-3-7(12)4-6/h1-5H. The third-order valence-corrected chi connectivity index (χ3v) is 3.17. The topological polar surface area (TPSA) is 25.8 Å².